The summed E-state index contributed by atoms with van der Waals surface area (Å²) in [6, 6.07) is -0.498. The van der Waals surface area contributed by atoms with Crippen molar-refractivity contribution in [1.29, 1.82) is 0 Å². The van der Waals surface area contributed by atoms with E-state index in [4.69, 9.17) is 11.6 Å². The average molecular weight is 410 g/mol. The van der Waals surface area contributed by atoms with E-state index in [0.717, 1.165) is 25.9 Å². The van der Waals surface area contributed by atoms with Crippen LogP contribution >= 0.6 is 35.8 Å². The van der Waals surface area contributed by atoms with Crippen molar-refractivity contribution in [2.45, 2.75) is 61.2 Å². The minimum absolute atomic E-state index is 0. The van der Waals surface area contributed by atoms with Gasteiger partial charge in [0.05, 0.1) is 12.2 Å². The molecule has 3 fully saturated rings. The van der Waals surface area contributed by atoms with E-state index in [9.17, 15) is 14.7 Å². The number of thioether (sulfide) groups is 1. The van der Waals surface area contributed by atoms with E-state index >= 15 is 0 Å². The number of carboxylic acid groups (broad SMARTS) is 1. The zero-order valence-electron chi connectivity index (χ0n) is 14.5. The summed E-state index contributed by atoms with van der Waals surface area (Å²) in [7, 11) is 0. The summed E-state index contributed by atoms with van der Waals surface area (Å²) in [4.78, 5) is 32.6. The second-order valence-electron chi connectivity index (χ2n) is 7.19. The molecule has 1 amide bonds. The number of β-lactam (4-membered cyclic amide) rings is 1. The number of likely N-dealkylation sites (tertiary alicyclic amines) is 1. The third-order valence-electron chi connectivity index (χ3n) is 5.42. The van der Waals surface area contributed by atoms with E-state index in [1.165, 1.54) is 29.5 Å². The summed E-state index contributed by atoms with van der Waals surface area (Å²) in [5.74, 6) is -1.39. The highest BCUT2D eigenvalue weighted by Gasteiger charge is 2.72. The number of fused-ring (bicyclic) bond motifs is 1. The van der Waals surface area contributed by atoms with Gasteiger partial charge in [0.25, 0.3) is 5.91 Å². The van der Waals surface area contributed by atoms with Gasteiger partial charge in [-0.25, -0.2) is 4.79 Å². The van der Waals surface area contributed by atoms with Gasteiger partial charge in [-0.15, -0.1) is 35.8 Å². The summed E-state index contributed by atoms with van der Waals surface area (Å²) in [5, 5.41) is 9.51. The number of aliphatic carboxylic acids is 1. The van der Waals surface area contributed by atoms with Crippen LogP contribution in [0.25, 0.3) is 0 Å². The Labute approximate surface area is 163 Å². The van der Waals surface area contributed by atoms with E-state index in [0.29, 0.717) is 0 Å². The lowest BCUT2D eigenvalue weighted by Gasteiger charge is -2.47. The Bertz CT molecular complexity index is 567. The molecule has 9 heteroatoms. The standard InChI is InChI=1S/C16H24ClN3O3S.ClH/c1-15(2)16(9-17,14(22)23)20-12(21)11(13(20)24-15)18-10-19-7-5-3-4-6-8-19;/h10-11,13H,3-9H2,1-2H3,(H,22,23);1H/t11?,13-,16+;/m1./s1. The molecule has 25 heavy (non-hydrogen) atoms. The third kappa shape index (κ3) is 3.12. The minimum atomic E-state index is -1.37. The number of carboxylic acids is 1. The fourth-order valence-corrected chi connectivity index (χ4v) is 6.24. The summed E-state index contributed by atoms with van der Waals surface area (Å²) in [6.07, 6.45) is 6.57. The van der Waals surface area contributed by atoms with Gasteiger partial charge in [-0.05, 0) is 26.7 Å². The molecule has 3 saturated heterocycles. The lowest BCUT2D eigenvalue weighted by molar-refractivity contribution is -0.167. The Morgan fingerprint density at radius 3 is 2.48 bits per heavy atom. The van der Waals surface area contributed by atoms with Crippen molar-refractivity contribution < 1.29 is 14.7 Å². The molecule has 3 rings (SSSR count). The Morgan fingerprint density at radius 2 is 1.96 bits per heavy atom. The largest absolute Gasteiger partial charge is 0.479 e. The van der Waals surface area contributed by atoms with Crippen molar-refractivity contribution in [3.8, 4) is 0 Å². The van der Waals surface area contributed by atoms with Gasteiger partial charge in [0.2, 0.25) is 0 Å². The quantitative estimate of drug-likeness (QED) is 0.334. The number of alkyl halides is 1. The van der Waals surface area contributed by atoms with E-state index in [1.807, 2.05) is 13.8 Å². The molecule has 1 N–H and O–H groups in total. The maximum atomic E-state index is 12.6. The molecule has 0 aromatic rings. The first kappa shape index (κ1) is 20.6. The molecule has 6 nitrogen and oxygen atoms in total. The molecule has 3 atom stereocenters. The lowest BCUT2D eigenvalue weighted by Crippen LogP contribution is -2.72. The zero-order valence-corrected chi connectivity index (χ0v) is 16.9. The average Bonchev–Trinajstić information content (AvgIpc) is 2.68. The highest BCUT2D eigenvalue weighted by atomic mass is 35.5. The fourth-order valence-electron chi connectivity index (χ4n) is 3.82. The van der Waals surface area contributed by atoms with Crippen molar-refractivity contribution in [3.63, 3.8) is 0 Å². The van der Waals surface area contributed by atoms with Gasteiger partial charge in [0.15, 0.2) is 11.6 Å². The van der Waals surface area contributed by atoms with Crippen LogP contribution in [0.1, 0.15) is 39.5 Å². The van der Waals surface area contributed by atoms with Gasteiger partial charge < -0.3 is 14.9 Å². The summed E-state index contributed by atoms with van der Waals surface area (Å²) < 4.78 is -0.659. The van der Waals surface area contributed by atoms with E-state index < -0.39 is 22.3 Å². The Kier molecular flexibility index (Phi) is 6.22. The molecule has 3 heterocycles. The molecule has 3 aliphatic rings. The predicted molar refractivity (Wildman–Crippen MR) is 103 cm³/mol. The normalized spacial score (nSPS) is 34.3. The van der Waals surface area contributed by atoms with Crippen molar-refractivity contribution in [2.75, 3.05) is 19.0 Å². The highest BCUT2D eigenvalue weighted by Crippen LogP contribution is 2.57. The lowest BCUT2D eigenvalue weighted by atomic mass is 9.82. The number of hydrogen-bond acceptors (Lipinski definition) is 4. The topological polar surface area (TPSA) is 73.2 Å². The summed E-state index contributed by atoms with van der Waals surface area (Å²) >= 11 is 7.52. The maximum absolute atomic E-state index is 12.6. The molecule has 3 aliphatic heterocycles. The van der Waals surface area contributed by atoms with Crippen molar-refractivity contribution in [2.24, 2.45) is 4.99 Å². The van der Waals surface area contributed by atoms with Gasteiger partial charge in [0.1, 0.15) is 5.37 Å². The van der Waals surface area contributed by atoms with Crippen LogP contribution in [0.15, 0.2) is 4.99 Å². The van der Waals surface area contributed by atoms with Crippen molar-refractivity contribution >= 4 is 54.0 Å². The van der Waals surface area contributed by atoms with Crippen LogP contribution in [-0.4, -0.2) is 73.8 Å². The molecule has 0 saturated carbocycles. The Hall–Kier alpha value is -0.660. The number of hydrogen-bond donors (Lipinski definition) is 1. The fraction of sp³-hybridized carbons (Fsp3) is 0.812. The van der Waals surface area contributed by atoms with Crippen LogP contribution in [-0.2, 0) is 9.59 Å². The smallest absolute Gasteiger partial charge is 0.332 e. The van der Waals surface area contributed by atoms with E-state index in [1.54, 1.807) is 6.34 Å². The molecular formula is C16H25Cl2N3O3S. The molecule has 0 radical (unpaired) electrons. The number of aliphatic imine (C=N–C) groups is 1. The number of halogens is 2. The highest BCUT2D eigenvalue weighted by molar-refractivity contribution is 8.01. The van der Waals surface area contributed by atoms with Crippen LogP contribution in [0.3, 0.4) is 0 Å². The summed E-state index contributed by atoms with van der Waals surface area (Å²) in [5.41, 5.74) is -1.37. The number of nitrogens with zero attached hydrogens (tertiary/aromatic N) is 3. The van der Waals surface area contributed by atoms with Crippen LogP contribution in [0.5, 0.6) is 0 Å². The summed E-state index contributed by atoms with van der Waals surface area (Å²) in [6.45, 7) is 5.63. The van der Waals surface area contributed by atoms with Crippen LogP contribution in [0.2, 0.25) is 0 Å². The zero-order chi connectivity index (χ0) is 17.5. The van der Waals surface area contributed by atoms with Gasteiger partial charge in [0, 0.05) is 17.8 Å². The minimum Gasteiger partial charge on any atom is -0.479 e. The second-order valence-corrected chi connectivity index (χ2v) is 9.19. The first-order chi connectivity index (χ1) is 11.3. The van der Waals surface area contributed by atoms with Crippen molar-refractivity contribution in [1.82, 2.24) is 9.80 Å². The number of rotatable bonds is 4. The van der Waals surface area contributed by atoms with Crippen molar-refractivity contribution in [3.05, 3.63) is 0 Å². The number of amides is 1. The third-order valence-corrected chi connectivity index (χ3v) is 7.44. The SMILES string of the molecule is CC1(C)S[C@@H]2C(N=CN3CCCCCC3)C(=O)N2[C@@]1(CCl)C(=O)O.Cl. The molecule has 0 spiro atoms. The molecule has 1 unspecified atom stereocenters. The first-order valence-electron chi connectivity index (χ1n) is 8.43. The number of carbonyl (C=O) groups is 2. The number of carbonyl (C=O) groups excluding carboxylic acids is 1. The van der Waals surface area contributed by atoms with Gasteiger partial charge in [-0.1, -0.05) is 12.8 Å². The van der Waals surface area contributed by atoms with E-state index in [-0.39, 0.29) is 29.6 Å². The monoisotopic (exact) mass is 409 g/mol. The van der Waals surface area contributed by atoms with Gasteiger partial charge >= 0.3 is 5.97 Å². The second kappa shape index (κ2) is 7.53. The first-order valence-corrected chi connectivity index (χ1v) is 9.84. The molecule has 0 aliphatic carbocycles. The molecule has 142 valence electrons. The molecule has 0 aromatic carbocycles. The Morgan fingerprint density at radius 1 is 1.36 bits per heavy atom. The van der Waals surface area contributed by atoms with Gasteiger partial charge in [-0.3, -0.25) is 9.79 Å². The van der Waals surface area contributed by atoms with Crippen LogP contribution < -0.4 is 0 Å². The van der Waals surface area contributed by atoms with E-state index in [2.05, 4.69) is 9.89 Å². The molecule has 0 aromatic heterocycles. The molecular weight excluding hydrogens is 385 g/mol. The van der Waals surface area contributed by atoms with Crippen LogP contribution in [0, 0.1) is 0 Å². The molecule has 0 bridgehead atoms. The van der Waals surface area contributed by atoms with Gasteiger partial charge in [-0.2, -0.15) is 0 Å². The maximum Gasteiger partial charge on any atom is 0.332 e. The Balaban J connectivity index is 0.00000225. The predicted octanol–water partition coefficient (Wildman–Crippen LogP) is 2.44. The van der Waals surface area contributed by atoms with Crippen LogP contribution in [0.4, 0.5) is 0 Å².